The van der Waals surface area contributed by atoms with Crippen molar-refractivity contribution in [1.82, 2.24) is 19.5 Å². The number of imidazole rings is 1. The minimum Gasteiger partial charge on any atom is -0.477 e. The van der Waals surface area contributed by atoms with Crippen LogP contribution in [0.1, 0.15) is 12.8 Å². The van der Waals surface area contributed by atoms with E-state index >= 15 is 0 Å². The molecule has 0 saturated carbocycles. The smallest absolute Gasteiger partial charge is 0.231 e. The summed E-state index contributed by atoms with van der Waals surface area (Å²) in [6.07, 6.45) is 4.00. The van der Waals surface area contributed by atoms with E-state index in [1.165, 1.54) is 10.8 Å². The van der Waals surface area contributed by atoms with Crippen LogP contribution < -0.4 is 4.74 Å². The van der Waals surface area contributed by atoms with Crippen LogP contribution in [0, 0.1) is 0 Å². The lowest BCUT2D eigenvalue weighted by Crippen LogP contribution is -2.14. The van der Waals surface area contributed by atoms with Gasteiger partial charge >= 0.3 is 0 Å². The molecule has 0 radical (unpaired) electrons. The van der Waals surface area contributed by atoms with Crippen molar-refractivity contribution in [2.75, 3.05) is 27.2 Å². The van der Waals surface area contributed by atoms with Gasteiger partial charge < -0.3 is 9.64 Å². The zero-order valence-corrected chi connectivity index (χ0v) is 15.8. The maximum atomic E-state index is 5.87. The fourth-order valence-corrected chi connectivity index (χ4v) is 3.27. The number of rotatable bonds is 7. The highest BCUT2D eigenvalue weighted by Gasteiger charge is 2.11. The predicted molar refractivity (Wildman–Crippen MR) is 109 cm³/mol. The van der Waals surface area contributed by atoms with E-state index in [1.54, 1.807) is 0 Å². The summed E-state index contributed by atoms with van der Waals surface area (Å²) in [6.45, 7) is 1.74. The molecule has 5 nitrogen and oxygen atoms in total. The van der Waals surface area contributed by atoms with Crippen molar-refractivity contribution >= 4 is 16.4 Å². The molecular weight excluding hydrogens is 336 g/mol. The van der Waals surface area contributed by atoms with Gasteiger partial charge in [-0.1, -0.05) is 42.5 Å². The van der Waals surface area contributed by atoms with Crippen molar-refractivity contribution in [1.29, 1.82) is 0 Å². The predicted octanol–water partition coefficient (Wildman–Crippen LogP) is 4.27. The van der Waals surface area contributed by atoms with Gasteiger partial charge in [0.2, 0.25) is 5.88 Å². The molecule has 0 N–H and O–H groups in total. The highest BCUT2D eigenvalue weighted by Crippen LogP contribution is 2.29. The first kappa shape index (κ1) is 17.5. The van der Waals surface area contributed by atoms with E-state index in [0.717, 1.165) is 36.3 Å². The van der Waals surface area contributed by atoms with Gasteiger partial charge in [-0.05, 0) is 50.3 Å². The molecule has 0 aliphatic heterocycles. The van der Waals surface area contributed by atoms with Crippen molar-refractivity contribution in [2.45, 2.75) is 12.8 Å². The first-order valence-electron chi connectivity index (χ1n) is 9.33. The van der Waals surface area contributed by atoms with E-state index in [9.17, 15) is 0 Å². The quantitative estimate of drug-likeness (QED) is 0.462. The standard InChI is InChI=1S/C22H24N4O/c1-25(2)14-5-6-15-27-22-13-12-21-23-16-20(26(21)24-22)19-11-7-9-17-8-3-4-10-18(17)19/h3-4,7-13,16H,5-6,14-15H2,1-2H3. The van der Waals surface area contributed by atoms with Gasteiger partial charge in [0.25, 0.3) is 0 Å². The maximum absolute atomic E-state index is 5.87. The Balaban J connectivity index is 1.61. The summed E-state index contributed by atoms with van der Waals surface area (Å²) in [7, 11) is 4.17. The molecule has 0 atom stereocenters. The maximum Gasteiger partial charge on any atom is 0.231 e. The lowest BCUT2D eigenvalue weighted by atomic mass is 10.0. The highest BCUT2D eigenvalue weighted by atomic mass is 16.5. The summed E-state index contributed by atoms with van der Waals surface area (Å²) in [5, 5.41) is 7.07. The summed E-state index contributed by atoms with van der Waals surface area (Å²) < 4.78 is 7.74. The normalized spacial score (nSPS) is 11.5. The Morgan fingerprint density at radius 1 is 0.963 bits per heavy atom. The van der Waals surface area contributed by atoms with Crippen LogP contribution in [0.25, 0.3) is 27.7 Å². The second-order valence-corrected chi connectivity index (χ2v) is 6.97. The Morgan fingerprint density at radius 3 is 2.70 bits per heavy atom. The van der Waals surface area contributed by atoms with Gasteiger partial charge in [-0.2, -0.15) is 0 Å². The van der Waals surface area contributed by atoms with Gasteiger partial charge in [0.1, 0.15) is 0 Å². The minimum absolute atomic E-state index is 0.631. The Hall–Kier alpha value is -2.92. The average molecular weight is 360 g/mol. The third-order valence-electron chi connectivity index (χ3n) is 4.65. The van der Waals surface area contributed by atoms with Gasteiger partial charge in [-0.15, -0.1) is 5.10 Å². The molecule has 0 bridgehead atoms. The largest absolute Gasteiger partial charge is 0.477 e. The second-order valence-electron chi connectivity index (χ2n) is 6.97. The van der Waals surface area contributed by atoms with Crippen molar-refractivity contribution < 1.29 is 4.74 Å². The average Bonchev–Trinajstić information content (AvgIpc) is 3.10. The molecule has 138 valence electrons. The number of hydrogen-bond donors (Lipinski definition) is 0. The number of fused-ring (bicyclic) bond motifs is 2. The summed E-state index contributed by atoms with van der Waals surface area (Å²) in [5.41, 5.74) is 2.91. The molecule has 5 heteroatoms. The molecule has 0 aliphatic carbocycles. The topological polar surface area (TPSA) is 42.7 Å². The summed E-state index contributed by atoms with van der Waals surface area (Å²) in [4.78, 5) is 6.70. The number of hydrogen-bond acceptors (Lipinski definition) is 4. The lowest BCUT2D eigenvalue weighted by Gasteiger charge is -2.10. The third kappa shape index (κ3) is 3.78. The Kier molecular flexibility index (Phi) is 5.03. The molecule has 0 spiro atoms. The van der Waals surface area contributed by atoms with Crippen molar-refractivity contribution in [3.8, 4) is 17.1 Å². The van der Waals surface area contributed by atoms with E-state index in [1.807, 2.05) is 22.8 Å². The molecule has 2 aromatic carbocycles. The number of nitrogens with zero attached hydrogens (tertiary/aromatic N) is 4. The van der Waals surface area contributed by atoms with Crippen LogP contribution in [-0.2, 0) is 0 Å². The first-order valence-corrected chi connectivity index (χ1v) is 9.33. The summed E-state index contributed by atoms with van der Waals surface area (Å²) >= 11 is 0. The molecular formula is C22H24N4O. The number of unbranched alkanes of at least 4 members (excludes halogenated alkanes) is 1. The van der Waals surface area contributed by atoms with Gasteiger partial charge in [0.05, 0.1) is 18.5 Å². The van der Waals surface area contributed by atoms with Crippen LogP contribution in [0.15, 0.2) is 60.8 Å². The fraction of sp³-hybridized carbons (Fsp3) is 0.273. The molecule has 2 aromatic heterocycles. The fourth-order valence-electron chi connectivity index (χ4n) is 3.27. The highest BCUT2D eigenvalue weighted by molar-refractivity contribution is 5.96. The molecule has 2 heterocycles. The molecule has 0 unspecified atom stereocenters. The van der Waals surface area contributed by atoms with Crippen LogP contribution in [0.2, 0.25) is 0 Å². The molecule has 0 aliphatic rings. The summed E-state index contributed by atoms with van der Waals surface area (Å²) in [6, 6.07) is 18.5. The number of aromatic nitrogens is 3. The first-order chi connectivity index (χ1) is 13.2. The minimum atomic E-state index is 0.631. The zero-order chi connectivity index (χ0) is 18.6. The Labute approximate surface area is 159 Å². The van der Waals surface area contributed by atoms with Crippen LogP contribution in [0.3, 0.4) is 0 Å². The van der Waals surface area contributed by atoms with Crippen LogP contribution in [-0.4, -0.2) is 46.7 Å². The van der Waals surface area contributed by atoms with Gasteiger partial charge in [-0.25, -0.2) is 9.50 Å². The van der Waals surface area contributed by atoms with Gasteiger partial charge in [0, 0.05) is 11.6 Å². The zero-order valence-electron chi connectivity index (χ0n) is 15.8. The van der Waals surface area contributed by atoms with Crippen molar-refractivity contribution in [3.05, 3.63) is 60.8 Å². The SMILES string of the molecule is CN(C)CCCCOc1ccc2ncc(-c3cccc4ccccc34)n2n1. The van der Waals surface area contributed by atoms with E-state index < -0.39 is 0 Å². The molecule has 0 amide bonds. The van der Waals surface area contributed by atoms with Crippen molar-refractivity contribution in [2.24, 2.45) is 0 Å². The molecule has 4 rings (SSSR count). The van der Waals surface area contributed by atoms with E-state index in [4.69, 9.17) is 4.74 Å². The summed E-state index contributed by atoms with van der Waals surface area (Å²) in [5.74, 6) is 0.631. The van der Waals surface area contributed by atoms with Crippen LogP contribution in [0.4, 0.5) is 0 Å². The lowest BCUT2D eigenvalue weighted by molar-refractivity contribution is 0.280. The molecule has 0 fully saturated rings. The Bertz CT molecular complexity index is 1050. The molecule has 0 saturated heterocycles. The molecule has 27 heavy (non-hydrogen) atoms. The van der Waals surface area contributed by atoms with Crippen LogP contribution in [0.5, 0.6) is 5.88 Å². The number of benzene rings is 2. The van der Waals surface area contributed by atoms with E-state index in [2.05, 4.69) is 71.5 Å². The second kappa shape index (κ2) is 7.76. The molecule has 4 aromatic rings. The number of ether oxygens (including phenoxy) is 1. The monoisotopic (exact) mass is 360 g/mol. The third-order valence-corrected chi connectivity index (χ3v) is 4.65. The van der Waals surface area contributed by atoms with E-state index in [-0.39, 0.29) is 0 Å². The Morgan fingerprint density at radius 2 is 1.81 bits per heavy atom. The van der Waals surface area contributed by atoms with E-state index in [0.29, 0.717) is 12.5 Å². The van der Waals surface area contributed by atoms with Crippen molar-refractivity contribution in [3.63, 3.8) is 0 Å². The van der Waals surface area contributed by atoms with Crippen LogP contribution >= 0.6 is 0 Å². The van der Waals surface area contributed by atoms with Gasteiger partial charge in [-0.3, -0.25) is 0 Å². The van der Waals surface area contributed by atoms with Gasteiger partial charge in [0.15, 0.2) is 5.65 Å².